The molecule has 0 unspecified atom stereocenters. The van der Waals surface area contributed by atoms with Gasteiger partial charge >= 0.3 is 6.03 Å². The number of benzene rings is 1. The topological polar surface area (TPSA) is 66.5 Å². The van der Waals surface area contributed by atoms with Gasteiger partial charge < -0.3 is 10.1 Å². The van der Waals surface area contributed by atoms with E-state index in [4.69, 9.17) is 4.74 Å². The first-order valence-corrected chi connectivity index (χ1v) is 8.36. The average Bonchev–Trinajstić information content (AvgIpc) is 2.98. The van der Waals surface area contributed by atoms with E-state index in [1.54, 1.807) is 19.2 Å². The van der Waals surface area contributed by atoms with Crippen molar-refractivity contribution in [2.45, 2.75) is 13.1 Å². The highest BCUT2D eigenvalue weighted by Gasteiger charge is 2.08. The lowest BCUT2D eigenvalue weighted by Gasteiger charge is -2.13. The summed E-state index contributed by atoms with van der Waals surface area (Å²) in [5.41, 5.74) is 1.59. The van der Waals surface area contributed by atoms with Crippen LogP contribution in [0.3, 0.4) is 0 Å². The molecular formula is C16H22ClFN4O2S. The number of rotatable bonds is 8. The standard InChI is InChI=1S/C16H21FN4O2S.ClH/c1-21(6-7-23-2)10-14-11-24-16(19-14)20-15(22)18-9-12-4-3-5-13(17)8-12;/h3-5,8,11H,6-7,9-10H2,1-2H3,(H2,18,19,20,22);1H. The van der Waals surface area contributed by atoms with Crippen molar-refractivity contribution in [3.05, 3.63) is 46.7 Å². The van der Waals surface area contributed by atoms with Crippen LogP contribution in [0.5, 0.6) is 0 Å². The maximum absolute atomic E-state index is 13.1. The Morgan fingerprint density at radius 1 is 1.44 bits per heavy atom. The molecule has 0 bridgehead atoms. The van der Waals surface area contributed by atoms with Crippen molar-refractivity contribution < 1.29 is 13.9 Å². The molecule has 0 fully saturated rings. The maximum atomic E-state index is 13.1. The van der Waals surface area contributed by atoms with Crippen LogP contribution in [-0.4, -0.2) is 43.2 Å². The molecule has 1 aromatic heterocycles. The molecule has 1 heterocycles. The molecule has 2 N–H and O–H groups in total. The normalized spacial score (nSPS) is 10.4. The summed E-state index contributed by atoms with van der Waals surface area (Å²) in [5.74, 6) is -0.322. The summed E-state index contributed by atoms with van der Waals surface area (Å²) in [7, 11) is 3.65. The number of ether oxygens (including phenoxy) is 1. The average molecular weight is 389 g/mol. The molecular weight excluding hydrogens is 367 g/mol. The van der Waals surface area contributed by atoms with E-state index in [-0.39, 0.29) is 30.8 Å². The second-order valence-electron chi connectivity index (χ2n) is 5.31. The van der Waals surface area contributed by atoms with Crippen LogP contribution in [0.4, 0.5) is 14.3 Å². The summed E-state index contributed by atoms with van der Waals surface area (Å²) in [6.07, 6.45) is 0. The highest BCUT2D eigenvalue weighted by molar-refractivity contribution is 7.13. The minimum absolute atomic E-state index is 0. The van der Waals surface area contributed by atoms with Crippen LogP contribution in [-0.2, 0) is 17.8 Å². The molecule has 2 rings (SSSR count). The summed E-state index contributed by atoms with van der Waals surface area (Å²) in [6.45, 7) is 2.41. The molecule has 2 amide bonds. The van der Waals surface area contributed by atoms with Crippen LogP contribution in [0, 0.1) is 5.82 Å². The van der Waals surface area contributed by atoms with Gasteiger partial charge in [-0.1, -0.05) is 12.1 Å². The number of hydrogen-bond donors (Lipinski definition) is 2. The minimum Gasteiger partial charge on any atom is -0.383 e. The monoisotopic (exact) mass is 388 g/mol. The summed E-state index contributed by atoms with van der Waals surface area (Å²) in [5, 5.41) is 7.80. The molecule has 0 aliphatic rings. The Hall–Kier alpha value is -1.74. The number of nitrogens with one attached hydrogen (secondary N) is 2. The van der Waals surface area contributed by atoms with Crippen LogP contribution >= 0.6 is 23.7 Å². The zero-order valence-corrected chi connectivity index (χ0v) is 15.8. The summed E-state index contributed by atoms with van der Waals surface area (Å²) in [4.78, 5) is 18.3. The number of aromatic nitrogens is 1. The van der Waals surface area contributed by atoms with E-state index in [1.807, 2.05) is 12.4 Å². The van der Waals surface area contributed by atoms with Crippen molar-refractivity contribution in [1.82, 2.24) is 15.2 Å². The van der Waals surface area contributed by atoms with Gasteiger partial charge in [0.15, 0.2) is 5.13 Å². The number of carbonyl (C=O) groups is 1. The Labute approximate surface area is 156 Å². The van der Waals surface area contributed by atoms with Gasteiger partial charge in [-0.05, 0) is 24.7 Å². The van der Waals surface area contributed by atoms with Gasteiger partial charge in [-0.25, -0.2) is 14.2 Å². The van der Waals surface area contributed by atoms with Crippen LogP contribution < -0.4 is 10.6 Å². The van der Waals surface area contributed by atoms with Gasteiger partial charge in [-0.2, -0.15) is 0 Å². The summed E-state index contributed by atoms with van der Waals surface area (Å²) in [6, 6.07) is 5.74. The first-order chi connectivity index (χ1) is 11.6. The number of hydrogen-bond acceptors (Lipinski definition) is 5. The lowest BCUT2D eigenvalue weighted by atomic mass is 10.2. The quantitative estimate of drug-likeness (QED) is 0.729. The van der Waals surface area contributed by atoms with E-state index in [9.17, 15) is 9.18 Å². The molecule has 0 aliphatic carbocycles. The van der Waals surface area contributed by atoms with Gasteiger partial charge in [-0.3, -0.25) is 10.2 Å². The third-order valence-corrected chi connectivity index (χ3v) is 4.03. The molecule has 6 nitrogen and oxygen atoms in total. The van der Waals surface area contributed by atoms with Crippen molar-refractivity contribution >= 4 is 34.9 Å². The molecule has 138 valence electrons. The number of nitrogens with zero attached hydrogens (tertiary/aromatic N) is 2. The van der Waals surface area contributed by atoms with E-state index >= 15 is 0 Å². The van der Waals surface area contributed by atoms with E-state index in [0.717, 1.165) is 12.2 Å². The molecule has 0 saturated carbocycles. The number of methoxy groups -OCH3 is 1. The fourth-order valence-electron chi connectivity index (χ4n) is 2.01. The highest BCUT2D eigenvalue weighted by Crippen LogP contribution is 2.16. The molecule has 9 heteroatoms. The van der Waals surface area contributed by atoms with E-state index in [2.05, 4.69) is 20.5 Å². The van der Waals surface area contributed by atoms with Gasteiger partial charge in [0.05, 0.1) is 12.3 Å². The number of urea groups is 1. The second kappa shape index (κ2) is 11.0. The fourth-order valence-corrected chi connectivity index (χ4v) is 2.71. The molecule has 2 aromatic rings. The Balaban J connectivity index is 0.00000312. The first kappa shape index (κ1) is 21.3. The van der Waals surface area contributed by atoms with E-state index < -0.39 is 0 Å². The second-order valence-corrected chi connectivity index (χ2v) is 6.17. The maximum Gasteiger partial charge on any atom is 0.321 e. The molecule has 25 heavy (non-hydrogen) atoms. The lowest BCUT2D eigenvalue weighted by molar-refractivity contribution is 0.158. The van der Waals surface area contributed by atoms with Crippen molar-refractivity contribution in [2.24, 2.45) is 0 Å². The number of halogens is 2. The summed E-state index contributed by atoms with van der Waals surface area (Å²) < 4.78 is 18.1. The third kappa shape index (κ3) is 7.78. The number of amides is 2. The molecule has 0 spiro atoms. The van der Waals surface area contributed by atoms with E-state index in [0.29, 0.717) is 23.8 Å². The highest BCUT2D eigenvalue weighted by atomic mass is 35.5. The Morgan fingerprint density at radius 2 is 2.24 bits per heavy atom. The SMILES string of the molecule is COCCN(C)Cc1csc(NC(=O)NCc2cccc(F)c2)n1.Cl. The predicted molar refractivity (Wildman–Crippen MR) is 99.8 cm³/mol. The fraction of sp³-hybridized carbons (Fsp3) is 0.375. The van der Waals surface area contributed by atoms with Gasteiger partial charge in [0.2, 0.25) is 0 Å². The van der Waals surface area contributed by atoms with Crippen molar-refractivity contribution in [3.8, 4) is 0 Å². The van der Waals surface area contributed by atoms with Crippen LogP contribution in [0.1, 0.15) is 11.3 Å². The smallest absolute Gasteiger partial charge is 0.321 e. The van der Waals surface area contributed by atoms with Crippen LogP contribution in [0.25, 0.3) is 0 Å². The number of likely N-dealkylation sites (N-methyl/N-ethyl adjacent to an activating group) is 1. The van der Waals surface area contributed by atoms with Gasteiger partial charge in [0.25, 0.3) is 0 Å². The Bertz CT molecular complexity index is 671. The van der Waals surface area contributed by atoms with E-state index in [1.165, 1.54) is 23.5 Å². The van der Waals surface area contributed by atoms with Gasteiger partial charge in [0.1, 0.15) is 5.82 Å². The van der Waals surface area contributed by atoms with Crippen molar-refractivity contribution in [2.75, 3.05) is 32.6 Å². The molecule has 0 radical (unpaired) electrons. The van der Waals surface area contributed by atoms with Crippen LogP contribution in [0.15, 0.2) is 29.6 Å². The Kier molecular flexibility index (Phi) is 9.36. The molecule has 0 atom stereocenters. The Morgan fingerprint density at radius 3 is 2.96 bits per heavy atom. The number of carbonyl (C=O) groups excluding carboxylic acids is 1. The summed E-state index contributed by atoms with van der Waals surface area (Å²) >= 11 is 1.37. The third-order valence-electron chi connectivity index (χ3n) is 3.22. The molecule has 0 aliphatic heterocycles. The zero-order chi connectivity index (χ0) is 17.4. The zero-order valence-electron chi connectivity index (χ0n) is 14.1. The van der Waals surface area contributed by atoms with Crippen molar-refractivity contribution in [3.63, 3.8) is 0 Å². The van der Waals surface area contributed by atoms with Gasteiger partial charge in [0, 0.05) is 32.1 Å². The first-order valence-electron chi connectivity index (χ1n) is 7.48. The van der Waals surface area contributed by atoms with Gasteiger partial charge in [-0.15, -0.1) is 23.7 Å². The molecule has 1 aromatic carbocycles. The molecule has 0 saturated heterocycles. The largest absolute Gasteiger partial charge is 0.383 e. The number of anilines is 1. The lowest BCUT2D eigenvalue weighted by Crippen LogP contribution is -2.28. The van der Waals surface area contributed by atoms with Crippen molar-refractivity contribution in [1.29, 1.82) is 0 Å². The number of thiazole rings is 1. The minimum atomic E-state index is -0.368. The van der Waals surface area contributed by atoms with Crippen LogP contribution in [0.2, 0.25) is 0 Å². The predicted octanol–water partition coefficient (Wildman–Crippen LogP) is 3.10.